The second-order valence-corrected chi connectivity index (χ2v) is 9.50. The number of anilines is 1. The Bertz CT molecular complexity index is 1070. The van der Waals surface area contributed by atoms with Crippen molar-refractivity contribution in [2.45, 2.75) is 18.6 Å². The zero-order chi connectivity index (χ0) is 19.9. The van der Waals surface area contributed by atoms with E-state index < -0.39 is 11.5 Å². The fourth-order valence-corrected chi connectivity index (χ4v) is 4.90. The normalized spacial score (nSPS) is 18.4. The molecule has 0 radical (unpaired) electrons. The number of rotatable bonds is 5. The molecule has 3 aromatic rings. The van der Waals surface area contributed by atoms with Crippen molar-refractivity contribution in [2.75, 3.05) is 4.90 Å². The average Bonchev–Trinajstić information content (AvgIpc) is 3.19. The van der Waals surface area contributed by atoms with Crippen molar-refractivity contribution >= 4 is 56.2 Å². The van der Waals surface area contributed by atoms with E-state index in [9.17, 15) is 14.7 Å². The molecule has 4 nitrogen and oxygen atoms in total. The van der Waals surface area contributed by atoms with Crippen molar-refractivity contribution < 1.29 is 14.7 Å². The minimum absolute atomic E-state index is 0.293. The quantitative estimate of drug-likeness (QED) is 0.517. The maximum atomic E-state index is 13.2. The molecule has 0 saturated carbocycles. The fraction of sp³-hybridized carbons (Fsp3) is 0.143. The SMILES string of the molecule is O=C(CC1(O)C(=O)N(Cc2ccccc2)c2ccc(Cl)cc21)c1ccc(Br)s1. The van der Waals surface area contributed by atoms with Gasteiger partial charge < -0.3 is 10.0 Å². The average molecular weight is 477 g/mol. The van der Waals surface area contributed by atoms with Gasteiger partial charge in [-0.2, -0.15) is 0 Å². The molecule has 0 bridgehead atoms. The molecule has 0 saturated heterocycles. The van der Waals surface area contributed by atoms with Crippen LogP contribution in [0, 0.1) is 0 Å². The molecule has 7 heteroatoms. The number of carbonyl (C=O) groups is 2. The van der Waals surface area contributed by atoms with Gasteiger partial charge in [0.1, 0.15) is 0 Å². The Morgan fingerprint density at radius 3 is 2.57 bits per heavy atom. The number of ketones is 1. The molecule has 0 fully saturated rings. The Hall–Kier alpha value is -1.99. The fourth-order valence-electron chi connectivity index (χ4n) is 3.40. The first-order valence-corrected chi connectivity index (χ1v) is 10.5. The highest BCUT2D eigenvalue weighted by atomic mass is 79.9. The van der Waals surface area contributed by atoms with E-state index >= 15 is 0 Å². The molecule has 28 heavy (non-hydrogen) atoms. The van der Waals surface area contributed by atoms with E-state index in [1.54, 1.807) is 30.3 Å². The zero-order valence-electron chi connectivity index (χ0n) is 14.6. The van der Waals surface area contributed by atoms with E-state index in [1.807, 2.05) is 30.3 Å². The van der Waals surface area contributed by atoms with Crippen LogP contribution in [0.4, 0.5) is 5.69 Å². The van der Waals surface area contributed by atoms with Gasteiger partial charge in [-0.25, -0.2) is 0 Å². The Morgan fingerprint density at radius 1 is 1.14 bits per heavy atom. The van der Waals surface area contributed by atoms with Crippen LogP contribution in [0.5, 0.6) is 0 Å². The van der Waals surface area contributed by atoms with Gasteiger partial charge in [-0.15, -0.1) is 11.3 Å². The van der Waals surface area contributed by atoms with Gasteiger partial charge in [0, 0.05) is 10.6 Å². The number of benzene rings is 2. The molecule has 1 unspecified atom stereocenters. The number of halogens is 2. The van der Waals surface area contributed by atoms with Gasteiger partial charge in [-0.05, 0) is 51.8 Å². The van der Waals surface area contributed by atoms with Gasteiger partial charge in [0.2, 0.25) is 0 Å². The van der Waals surface area contributed by atoms with Gasteiger partial charge in [0.25, 0.3) is 5.91 Å². The minimum atomic E-state index is -1.94. The molecular weight excluding hydrogens is 462 g/mol. The molecule has 4 rings (SSSR count). The highest BCUT2D eigenvalue weighted by Crippen LogP contribution is 2.45. The zero-order valence-corrected chi connectivity index (χ0v) is 17.7. The van der Waals surface area contributed by atoms with Gasteiger partial charge >= 0.3 is 0 Å². The third kappa shape index (κ3) is 3.42. The molecule has 1 aliphatic heterocycles. The third-order valence-electron chi connectivity index (χ3n) is 4.74. The summed E-state index contributed by atoms with van der Waals surface area (Å²) in [5.74, 6) is -0.809. The number of nitrogens with zero attached hydrogens (tertiary/aromatic N) is 1. The van der Waals surface area contributed by atoms with Crippen LogP contribution in [0.1, 0.15) is 27.2 Å². The maximum Gasteiger partial charge on any atom is 0.264 e. The monoisotopic (exact) mass is 475 g/mol. The van der Waals surface area contributed by atoms with Gasteiger partial charge in [0.05, 0.1) is 27.3 Å². The molecule has 2 heterocycles. The van der Waals surface area contributed by atoms with Crippen molar-refractivity contribution in [3.63, 3.8) is 0 Å². The van der Waals surface area contributed by atoms with Crippen LogP contribution in [0.3, 0.4) is 0 Å². The first kappa shape index (κ1) is 19.3. The standard InChI is InChI=1S/C21H15BrClNO3S/c22-19-9-8-18(28-19)17(25)11-21(27)15-10-14(23)6-7-16(15)24(20(21)26)12-13-4-2-1-3-5-13/h1-10,27H,11-12H2. The van der Waals surface area contributed by atoms with Gasteiger partial charge in [-0.1, -0.05) is 41.9 Å². The number of Topliss-reactive ketones (excluding diaryl/α,β-unsaturated/α-hetero) is 1. The molecule has 1 atom stereocenters. The lowest BCUT2D eigenvalue weighted by molar-refractivity contribution is -0.136. The van der Waals surface area contributed by atoms with Crippen LogP contribution in [0.2, 0.25) is 5.02 Å². The number of amides is 1. The molecule has 142 valence electrons. The van der Waals surface area contributed by atoms with Crippen LogP contribution in [-0.4, -0.2) is 16.8 Å². The van der Waals surface area contributed by atoms with Gasteiger partial charge in [0.15, 0.2) is 11.4 Å². The number of carbonyl (C=O) groups excluding carboxylic acids is 2. The minimum Gasteiger partial charge on any atom is -0.375 e. The number of aliphatic hydroxyl groups is 1. The highest BCUT2D eigenvalue weighted by molar-refractivity contribution is 9.11. The van der Waals surface area contributed by atoms with E-state index in [2.05, 4.69) is 15.9 Å². The summed E-state index contributed by atoms with van der Waals surface area (Å²) in [5, 5.41) is 11.7. The van der Waals surface area contributed by atoms with E-state index in [1.165, 1.54) is 16.2 Å². The number of thiophene rings is 1. The predicted molar refractivity (Wildman–Crippen MR) is 114 cm³/mol. The topological polar surface area (TPSA) is 57.6 Å². The van der Waals surface area contributed by atoms with Crippen LogP contribution in [0.25, 0.3) is 0 Å². The number of fused-ring (bicyclic) bond motifs is 1. The summed E-state index contributed by atoms with van der Waals surface area (Å²) in [6, 6.07) is 17.9. The summed E-state index contributed by atoms with van der Waals surface area (Å²) in [6.45, 7) is 0.301. The summed E-state index contributed by atoms with van der Waals surface area (Å²) in [4.78, 5) is 28.0. The van der Waals surface area contributed by atoms with Crippen molar-refractivity contribution in [3.05, 3.63) is 85.5 Å². The van der Waals surface area contributed by atoms with Crippen molar-refractivity contribution in [1.82, 2.24) is 0 Å². The lowest BCUT2D eigenvalue weighted by Gasteiger charge is -2.22. The smallest absolute Gasteiger partial charge is 0.264 e. The first-order chi connectivity index (χ1) is 13.4. The second-order valence-electron chi connectivity index (χ2n) is 6.60. The molecule has 0 spiro atoms. The number of hydrogen-bond acceptors (Lipinski definition) is 4. The predicted octanol–water partition coefficient (Wildman–Crippen LogP) is 5.17. The van der Waals surface area contributed by atoms with Crippen LogP contribution in [-0.2, 0) is 16.9 Å². The molecule has 2 aromatic carbocycles. The second kappa shape index (κ2) is 7.44. The Kier molecular flexibility index (Phi) is 5.14. The third-order valence-corrected chi connectivity index (χ3v) is 6.64. The van der Waals surface area contributed by atoms with E-state index in [4.69, 9.17) is 11.6 Å². The van der Waals surface area contributed by atoms with Crippen molar-refractivity contribution in [1.29, 1.82) is 0 Å². The number of hydrogen-bond donors (Lipinski definition) is 1. The van der Waals surface area contributed by atoms with E-state index in [-0.39, 0.29) is 12.2 Å². The molecular formula is C21H15BrClNO3S. The van der Waals surface area contributed by atoms with Crippen molar-refractivity contribution in [2.24, 2.45) is 0 Å². The molecule has 1 aromatic heterocycles. The maximum absolute atomic E-state index is 13.2. The lowest BCUT2D eigenvalue weighted by Crippen LogP contribution is -2.41. The molecule has 1 N–H and O–H groups in total. The largest absolute Gasteiger partial charge is 0.375 e. The van der Waals surface area contributed by atoms with Crippen molar-refractivity contribution in [3.8, 4) is 0 Å². The molecule has 1 aliphatic rings. The summed E-state index contributed by atoms with van der Waals surface area (Å²) in [5.41, 5.74) is -0.0805. The van der Waals surface area contributed by atoms with E-state index in [0.29, 0.717) is 27.7 Å². The molecule has 1 amide bonds. The Labute approximate surface area is 179 Å². The van der Waals surface area contributed by atoms with Gasteiger partial charge in [-0.3, -0.25) is 9.59 Å². The summed E-state index contributed by atoms with van der Waals surface area (Å²) in [6.07, 6.45) is -0.336. The highest BCUT2D eigenvalue weighted by Gasteiger charge is 2.51. The Morgan fingerprint density at radius 2 is 1.89 bits per heavy atom. The van der Waals surface area contributed by atoms with Crippen LogP contribution >= 0.6 is 38.9 Å². The molecule has 0 aliphatic carbocycles. The first-order valence-electron chi connectivity index (χ1n) is 8.55. The lowest BCUT2D eigenvalue weighted by atomic mass is 9.89. The van der Waals surface area contributed by atoms with E-state index in [0.717, 1.165) is 9.35 Å². The summed E-state index contributed by atoms with van der Waals surface area (Å²) >= 11 is 10.7. The van der Waals surface area contributed by atoms with Crippen LogP contribution in [0.15, 0.2) is 64.5 Å². The summed E-state index contributed by atoms with van der Waals surface area (Å²) in [7, 11) is 0. The van der Waals surface area contributed by atoms with Crippen LogP contribution < -0.4 is 4.90 Å². The summed E-state index contributed by atoms with van der Waals surface area (Å²) < 4.78 is 0.815. The Balaban J connectivity index is 1.72.